The molecule has 118 valence electrons. The monoisotopic (exact) mass is 301 g/mol. The molecule has 0 bridgehead atoms. The number of benzene rings is 1. The number of guanidine groups is 1. The number of nitrogens with one attached hydrogen (secondary N) is 2. The summed E-state index contributed by atoms with van der Waals surface area (Å²) in [4.78, 5) is 3.80. The van der Waals surface area contributed by atoms with Gasteiger partial charge < -0.3 is 20.1 Å². The minimum Gasteiger partial charge on any atom is -0.493 e. The van der Waals surface area contributed by atoms with Crippen LogP contribution in [0.4, 0.5) is 14.5 Å². The Hall–Kier alpha value is -2.05. The number of anilines is 1. The highest BCUT2D eigenvalue weighted by Gasteiger charge is 2.08. The summed E-state index contributed by atoms with van der Waals surface area (Å²) >= 11 is 0. The topological polar surface area (TPSA) is 54.9 Å². The molecule has 0 saturated heterocycles. The van der Waals surface area contributed by atoms with Gasteiger partial charge in [0.1, 0.15) is 6.54 Å². The molecule has 0 heterocycles. The predicted molar refractivity (Wildman–Crippen MR) is 79.8 cm³/mol. The predicted octanol–water partition coefficient (Wildman–Crippen LogP) is 2.74. The fourth-order valence-electron chi connectivity index (χ4n) is 1.63. The molecule has 0 fully saturated rings. The third-order valence-corrected chi connectivity index (χ3v) is 2.46. The molecule has 0 aliphatic heterocycles. The van der Waals surface area contributed by atoms with E-state index >= 15 is 0 Å². The Kier molecular flexibility index (Phi) is 7.28. The number of alkyl halides is 2. The van der Waals surface area contributed by atoms with Crippen molar-refractivity contribution in [2.45, 2.75) is 20.3 Å². The molecule has 1 aromatic carbocycles. The second-order valence-electron chi connectivity index (χ2n) is 4.03. The van der Waals surface area contributed by atoms with Gasteiger partial charge in [-0.05, 0) is 26.0 Å². The van der Waals surface area contributed by atoms with Crippen LogP contribution in [0.2, 0.25) is 0 Å². The number of nitrogens with zero attached hydrogens (tertiary/aromatic N) is 1. The van der Waals surface area contributed by atoms with E-state index in [1.807, 2.05) is 13.8 Å². The molecule has 2 N–H and O–H groups in total. The molecule has 0 aliphatic carbocycles. The first kappa shape index (κ1) is 17.0. The number of aliphatic imine (C=N–C) groups is 1. The van der Waals surface area contributed by atoms with Crippen molar-refractivity contribution in [1.82, 2.24) is 5.32 Å². The largest absolute Gasteiger partial charge is 0.493 e. The minimum atomic E-state index is -2.48. The maximum absolute atomic E-state index is 12.2. The van der Waals surface area contributed by atoms with Crippen molar-refractivity contribution in [3.05, 3.63) is 18.2 Å². The van der Waals surface area contributed by atoms with Crippen molar-refractivity contribution in [2.75, 3.05) is 32.1 Å². The second kappa shape index (κ2) is 8.99. The average molecular weight is 301 g/mol. The zero-order valence-electron chi connectivity index (χ0n) is 12.5. The van der Waals surface area contributed by atoms with Crippen LogP contribution in [-0.2, 0) is 0 Å². The van der Waals surface area contributed by atoms with Gasteiger partial charge in [-0.15, -0.1) is 0 Å². The second-order valence-corrected chi connectivity index (χ2v) is 4.03. The SMILES string of the molecule is CCNC(=NCC(F)F)Nc1ccc(OC)c(OCC)c1. The van der Waals surface area contributed by atoms with Gasteiger partial charge in [-0.1, -0.05) is 0 Å². The van der Waals surface area contributed by atoms with E-state index < -0.39 is 13.0 Å². The van der Waals surface area contributed by atoms with Crippen LogP contribution in [0.3, 0.4) is 0 Å². The van der Waals surface area contributed by atoms with Crippen molar-refractivity contribution in [3.8, 4) is 11.5 Å². The van der Waals surface area contributed by atoms with E-state index in [0.717, 1.165) is 0 Å². The lowest BCUT2D eigenvalue weighted by Gasteiger charge is -2.14. The van der Waals surface area contributed by atoms with Gasteiger partial charge in [0.2, 0.25) is 0 Å². The smallest absolute Gasteiger partial charge is 0.257 e. The van der Waals surface area contributed by atoms with Crippen molar-refractivity contribution in [3.63, 3.8) is 0 Å². The Morgan fingerprint density at radius 2 is 2.05 bits per heavy atom. The third kappa shape index (κ3) is 5.85. The number of halogens is 2. The van der Waals surface area contributed by atoms with Crippen LogP contribution in [-0.4, -0.2) is 39.2 Å². The summed E-state index contributed by atoms with van der Waals surface area (Å²) in [6.07, 6.45) is -2.48. The highest BCUT2D eigenvalue weighted by atomic mass is 19.3. The van der Waals surface area contributed by atoms with Gasteiger partial charge in [-0.25, -0.2) is 13.8 Å². The molecule has 0 amide bonds. The van der Waals surface area contributed by atoms with E-state index in [9.17, 15) is 8.78 Å². The normalized spacial score (nSPS) is 11.4. The quantitative estimate of drug-likeness (QED) is 0.600. The van der Waals surface area contributed by atoms with E-state index in [-0.39, 0.29) is 0 Å². The number of hydrogen-bond acceptors (Lipinski definition) is 3. The fraction of sp³-hybridized carbons (Fsp3) is 0.500. The minimum absolute atomic E-state index is 0.297. The van der Waals surface area contributed by atoms with E-state index in [4.69, 9.17) is 9.47 Å². The molecule has 0 aromatic heterocycles. The number of hydrogen-bond donors (Lipinski definition) is 2. The first-order chi connectivity index (χ1) is 10.1. The fourth-order valence-corrected chi connectivity index (χ4v) is 1.63. The van der Waals surface area contributed by atoms with Gasteiger partial charge in [-0.2, -0.15) is 0 Å². The summed E-state index contributed by atoms with van der Waals surface area (Å²) in [6, 6.07) is 5.23. The molecule has 0 atom stereocenters. The lowest BCUT2D eigenvalue weighted by atomic mass is 10.2. The van der Waals surface area contributed by atoms with E-state index in [1.165, 1.54) is 0 Å². The van der Waals surface area contributed by atoms with E-state index in [2.05, 4.69) is 15.6 Å². The van der Waals surface area contributed by atoms with E-state index in [1.54, 1.807) is 25.3 Å². The molecule has 5 nitrogen and oxygen atoms in total. The summed E-state index contributed by atoms with van der Waals surface area (Å²) in [5, 5.41) is 5.86. The Labute approximate surface area is 123 Å². The lowest BCUT2D eigenvalue weighted by Crippen LogP contribution is -2.31. The molecular weight excluding hydrogens is 280 g/mol. The van der Waals surface area contributed by atoms with Gasteiger partial charge in [0.25, 0.3) is 6.43 Å². The Balaban J connectivity index is 2.87. The Morgan fingerprint density at radius 1 is 1.29 bits per heavy atom. The zero-order valence-corrected chi connectivity index (χ0v) is 12.5. The molecule has 0 saturated carbocycles. The van der Waals surface area contributed by atoms with Gasteiger partial charge in [-0.3, -0.25) is 0 Å². The summed E-state index contributed by atoms with van der Waals surface area (Å²) in [6.45, 7) is 4.25. The molecule has 7 heteroatoms. The number of rotatable bonds is 7. The zero-order chi connectivity index (χ0) is 15.7. The van der Waals surface area contributed by atoms with Crippen LogP contribution < -0.4 is 20.1 Å². The molecule has 0 spiro atoms. The van der Waals surface area contributed by atoms with Gasteiger partial charge in [0.15, 0.2) is 17.5 Å². The number of ether oxygens (including phenoxy) is 2. The Morgan fingerprint density at radius 3 is 2.62 bits per heavy atom. The average Bonchev–Trinajstić information content (AvgIpc) is 2.45. The Bertz CT molecular complexity index is 468. The summed E-state index contributed by atoms with van der Waals surface area (Å²) in [5.41, 5.74) is 0.674. The summed E-state index contributed by atoms with van der Waals surface area (Å²) in [5.74, 6) is 1.48. The van der Waals surface area contributed by atoms with Crippen molar-refractivity contribution >= 4 is 11.6 Å². The van der Waals surface area contributed by atoms with Gasteiger partial charge in [0, 0.05) is 18.3 Å². The van der Waals surface area contributed by atoms with Gasteiger partial charge in [0.05, 0.1) is 13.7 Å². The lowest BCUT2D eigenvalue weighted by molar-refractivity contribution is 0.158. The van der Waals surface area contributed by atoms with Crippen LogP contribution in [0, 0.1) is 0 Å². The molecule has 1 rings (SSSR count). The molecule has 1 aromatic rings. The van der Waals surface area contributed by atoms with Crippen LogP contribution >= 0.6 is 0 Å². The molecular formula is C14H21F2N3O2. The van der Waals surface area contributed by atoms with Crippen molar-refractivity contribution in [1.29, 1.82) is 0 Å². The first-order valence-corrected chi connectivity index (χ1v) is 6.75. The van der Waals surface area contributed by atoms with Crippen LogP contribution in [0.5, 0.6) is 11.5 Å². The molecule has 0 unspecified atom stereocenters. The highest BCUT2D eigenvalue weighted by Crippen LogP contribution is 2.30. The maximum Gasteiger partial charge on any atom is 0.257 e. The van der Waals surface area contributed by atoms with Crippen molar-refractivity contribution in [2.24, 2.45) is 4.99 Å². The van der Waals surface area contributed by atoms with Gasteiger partial charge >= 0.3 is 0 Å². The van der Waals surface area contributed by atoms with Crippen LogP contribution in [0.15, 0.2) is 23.2 Å². The number of methoxy groups -OCH3 is 1. The molecule has 21 heavy (non-hydrogen) atoms. The third-order valence-electron chi connectivity index (χ3n) is 2.46. The first-order valence-electron chi connectivity index (χ1n) is 6.75. The van der Waals surface area contributed by atoms with Crippen molar-refractivity contribution < 1.29 is 18.3 Å². The van der Waals surface area contributed by atoms with E-state index in [0.29, 0.717) is 36.3 Å². The maximum atomic E-state index is 12.2. The molecule has 0 radical (unpaired) electrons. The van der Waals surface area contributed by atoms with Crippen LogP contribution in [0.1, 0.15) is 13.8 Å². The molecule has 0 aliphatic rings. The van der Waals surface area contributed by atoms with Crippen LogP contribution in [0.25, 0.3) is 0 Å². The summed E-state index contributed by atoms with van der Waals surface area (Å²) in [7, 11) is 1.55. The highest BCUT2D eigenvalue weighted by molar-refractivity contribution is 5.93. The standard InChI is InChI=1S/C14H21F2N3O2/c1-4-17-14(18-9-13(15)16)19-10-6-7-11(20-3)12(8-10)21-5-2/h6-8,13H,4-5,9H2,1-3H3,(H2,17,18,19). The summed E-state index contributed by atoms with van der Waals surface area (Å²) < 4.78 is 35.1.